The van der Waals surface area contributed by atoms with E-state index in [1.54, 1.807) is 55.6 Å². The number of amides is 1. The molecule has 1 amide bonds. The molecule has 0 heterocycles. The standard InChI is InChI=1S/C29H29N7O3/c1-21-6-8-22(9-7-21)29(37)35-34-28(33-32-23-10-13-25(38-2)14-11-23)26-15-12-24(20-27(26)39-3)36(18-4-16-30)19-5-17-31/h6-15,20H,4-5,18-19H2,1-3H3,(H,35,37)/b33-32?,34-28-. The number of hydrogen-bond donors (Lipinski definition) is 1. The molecular formula is C29H29N7O3. The first-order chi connectivity index (χ1) is 19.0. The average molecular weight is 524 g/mol. The lowest BCUT2D eigenvalue weighted by molar-refractivity contribution is 0.0954. The Morgan fingerprint density at radius 1 is 0.923 bits per heavy atom. The number of hydrogen-bond acceptors (Lipinski definition) is 8. The van der Waals surface area contributed by atoms with Crippen molar-refractivity contribution in [2.24, 2.45) is 15.3 Å². The first-order valence-corrected chi connectivity index (χ1v) is 12.2. The molecule has 39 heavy (non-hydrogen) atoms. The van der Waals surface area contributed by atoms with E-state index in [2.05, 4.69) is 32.9 Å². The summed E-state index contributed by atoms with van der Waals surface area (Å²) in [5, 5.41) is 31.0. The second-order valence-corrected chi connectivity index (χ2v) is 8.33. The summed E-state index contributed by atoms with van der Waals surface area (Å²) in [7, 11) is 3.09. The number of hydrazone groups is 1. The molecule has 3 rings (SSSR count). The second kappa shape index (κ2) is 14.5. The number of azo groups is 1. The minimum atomic E-state index is -0.401. The maximum absolute atomic E-state index is 12.7. The fourth-order valence-corrected chi connectivity index (χ4v) is 3.56. The summed E-state index contributed by atoms with van der Waals surface area (Å²) < 4.78 is 10.8. The third-order valence-electron chi connectivity index (χ3n) is 5.69. The van der Waals surface area contributed by atoms with Crippen molar-refractivity contribution in [1.82, 2.24) is 5.43 Å². The summed E-state index contributed by atoms with van der Waals surface area (Å²) in [6, 6.07) is 23.8. The smallest absolute Gasteiger partial charge is 0.271 e. The molecule has 0 radical (unpaired) electrons. The van der Waals surface area contributed by atoms with Crippen molar-refractivity contribution < 1.29 is 14.3 Å². The third-order valence-corrected chi connectivity index (χ3v) is 5.69. The van der Waals surface area contributed by atoms with Crippen molar-refractivity contribution in [3.05, 3.63) is 83.4 Å². The van der Waals surface area contributed by atoms with Crippen molar-refractivity contribution in [2.75, 3.05) is 32.2 Å². The van der Waals surface area contributed by atoms with Crippen LogP contribution in [0.25, 0.3) is 0 Å². The lowest BCUT2D eigenvalue weighted by Gasteiger charge is -2.23. The number of nitrogens with zero attached hydrogens (tertiary/aromatic N) is 6. The first kappa shape index (κ1) is 28.4. The van der Waals surface area contributed by atoms with Gasteiger partial charge in [0.25, 0.3) is 5.91 Å². The van der Waals surface area contributed by atoms with E-state index in [-0.39, 0.29) is 5.84 Å². The fraction of sp³-hybridized carbons (Fsp3) is 0.241. The Labute approximate surface area is 227 Å². The Kier molecular flexibility index (Phi) is 10.5. The zero-order valence-corrected chi connectivity index (χ0v) is 22.1. The van der Waals surface area contributed by atoms with Crippen molar-refractivity contribution in [3.63, 3.8) is 0 Å². The molecule has 1 N–H and O–H groups in total. The van der Waals surface area contributed by atoms with Gasteiger partial charge in [-0.1, -0.05) is 17.7 Å². The zero-order chi connectivity index (χ0) is 28.0. The van der Waals surface area contributed by atoms with Gasteiger partial charge in [0.2, 0.25) is 5.84 Å². The van der Waals surface area contributed by atoms with E-state index >= 15 is 0 Å². The lowest BCUT2D eigenvalue weighted by atomic mass is 10.1. The van der Waals surface area contributed by atoms with Crippen LogP contribution in [0.15, 0.2) is 82.1 Å². The predicted octanol–water partition coefficient (Wildman–Crippen LogP) is 5.52. The molecule has 0 saturated carbocycles. The molecule has 10 heteroatoms. The summed E-state index contributed by atoms with van der Waals surface area (Å²) in [6.07, 6.45) is 0.618. The number of ether oxygens (including phenoxy) is 2. The average Bonchev–Trinajstić information content (AvgIpc) is 2.97. The van der Waals surface area contributed by atoms with Crippen LogP contribution in [-0.4, -0.2) is 39.1 Å². The van der Waals surface area contributed by atoms with Gasteiger partial charge in [0, 0.05) is 30.4 Å². The Balaban J connectivity index is 1.98. The number of amidine groups is 1. The Hall–Kier alpha value is -5.22. The number of nitrogens with one attached hydrogen (secondary N) is 1. The highest BCUT2D eigenvalue weighted by Gasteiger charge is 2.16. The van der Waals surface area contributed by atoms with Crippen LogP contribution in [0.4, 0.5) is 11.4 Å². The van der Waals surface area contributed by atoms with Crippen molar-refractivity contribution >= 4 is 23.1 Å². The van der Waals surface area contributed by atoms with Crippen molar-refractivity contribution in [2.45, 2.75) is 19.8 Å². The Bertz CT molecular complexity index is 1380. The van der Waals surface area contributed by atoms with Gasteiger partial charge in [-0.15, -0.1) is 15.3 Å². The molecule has 0 fully saturated rings. The van der Waals surface area contributed by atoms with E-state index in [1.807, 2.05) is 30.0 Å². The van der Waals surface area contributed by atoms with Crippen LogP contribution in [0.3, 0.4) is 0 Å². The molecule has 0 aliphatic heterocycles. The van der Waals surface area contributed by atoms with Gasteiger partial charge in [-0.25, -0.2) is 5.43 Å². The van der Waals surface area contributed by atoms with E-state index < -0.39 is 5.91 Å². The highest BCUT2D eigenvalue weighted by Crippen LogP contribution is 2.28. The second-order valence-electron chi connectivity index (χ2n) is 8.33. The Morgan fingerprint density at radius 3 is 2.18 bits per heavy atom. The van der Waals surface area contributed by atoms with Crippen LogP contribution in [0.2, 0.25) is 0 Å². The number of carbonyl (C=O) groups is 1. The zero-order valence-electron chi connectivity index (χ0n) is 22.1. The molecule has 0 saturated heterocycles. The van der Waals surface area contributed by atoms with Gasteiger partial charge in [0.05, 0.1) is 50.5 Å². The monoisotopic (exact) mass is 523 g/mol. The fourth-order valence-electron chi connectivity index (χ4n) is 3.56. The van der Waals surface area contributed by atoms with E-state index in [4.69, 9.17) is 20.0 Å². The molecule has 0 bridgehead atoms. The highest BCUT2D eigenvalue weighted by molar-refractivity contribution is 6.03. The maximum atomic E-state index is 12.7. The molecule has 0 atom stereocenters. The van der Waals surface area contributed by atoms with Crippen LogP contribution < -0.4 is 19.8 Å². The van der Waals surface area contributed by atoms with E-state index in [9.17, 15) is 4.79 Å². The van der Waals surface area contributed by atoms with Crippen LogP contribution in [-0.2, 0) is 0 Å². The third kappa shape index (κ3) is 8.14. The van der Waals surface area contributed by atoms with Crippen LogP contribution in [0, 0.1) is 29.6 Å². The summed E-state index contributed by atoms with van der Waals surface area (Å²) in [4.78, 5) is 14.7. The van der Waals surface area contributed by atoms with Gasteiger partial charge in [-0.3, -0.25) is 4.79 Å². The minimum Gasteiger partial charge on any atom is -0.497 e. The van der Waals surface area contributed by atoms with Gasteiger partial charge in [-0.05, 0) is 55.5 Å². The molecule has 3 aromatic carbocycles. The predicted molar refractivity (Wildman–Crippen MR) is 148 cm³/mol. The number of carbonyl (C=O) groups excluding carboxylic acids is 1. The Morgan fingerprint density at radius 2 is 1.59 bits per heavy atom. The van der Waals surface area contributed by atoms with Crippen LogP contribution in [0.5, 0.6) is 11.5 Å². The highest BCUT2D eigenvalue weighted by atomic mass is 16.5. The maximum Gasteiger partial charge on any atom is 0.271 e. The number of nitriles is 2. The number of aryl methyl sites for hydroxylation is 1. The van der Waals surface area contributed by atoms with Gasteiger partial charge in [0.15, 0.2) is 0 Å². The molecule has 0 unspecified atom stereocenters. The molecule has 0 spiro atoms. The molecule has 0 aliphatic carbocycles. The summed E-state index contributed by atoms with van der Waals surface area (Å²) in [5.41, 5.74) is 5.86. The molecule has 3 aromatic rings. The molecule has 0 aromatic heterocycles. The first-order valence-electron chi connectivity index (χ1n) is 12.2. The quantitative estimate of drug-likeness (QED) is 0.152. The minimum absolute atomic E-state index is 0.121. The lowest BCUT2D eigenvalue weighted by Crippen LogP contribution is -2.25. The van der Waals surface area contributed by atoms with E-state index in [1.165, 1.54) is 7.11 Å². The summed E-state index contributed by atoms with van der Waals surface area (Å²) in [6.45, 7) is 2.87. The van der Waals surface area contributed by atoms with E-state index in [0.717, 1.165) is 11.3 Å². The molecule has 198 valence electrons. The van der Waals surface area contributed by atoms with Crippen molar-refractivity contribution in [3.8, 4) is 23.6 Å². The molecular weight excluding hydrogens is 494 g/mol. The number of anilines is 1. The van der Waals surface area contributed by atoms with E-state index in [0.29, 0.717) is 54.2 Å². The van der Waals surface area contributed by atoms with Gasteiger partial charge in [-0.2, -0.15) is 10.5 Å². The number of benzene rings is 3. The summed E-state index contributed by atoms with van der Waals surface area (Å²) in [5.74, 6) is 0.837. The van der Waals surface area contributed by atoms with Crippen LogP contribution >= 0.6 is 0 Å². The van der Waals surface area contributed by atoms with Crippen molar-refractivity contribution in [1.29, 1.82) is 10.5 Å². The number of rotatable bonds is 11. The normalized spacial score (nSPS) is 10.9. The number of methoxy groups -OCH3 is 2. The van der Waals surface area contributed by atoms with Crippen LogP contribution in [0.1, 0.15) is 34.3 Å². The summed E-state index contributed by atoms with van der Waals surface area (Å²) >= 11 is 0. The largest absolute Gasteiger partial charge is 0.497 e. The SMILES string of the molecule is COc1ccc(N=N/C(=N\NC(=O)c2ccc(C)cc2)c2ccc(N(CCC#N)CCC#N)cc2OC)cc1. The van der Waals surface area contributed by atoms with Gasteiger partial charge >= 0.3 is 0 Å². The topological polar surface area (TPSA) is 135 Å². The van der Waals surface area contributed by atoms with Gasteiger partial charge < -0.3 is 14.4 Å². The molecule has 0 aliphatic rings. The molecule has 10 nitrogen and oxygen atoms in total. The van der Waals surface area contributed by atoms with Gasteiger partial charge in [0.1, 0.15) is 11.5 Å².